The fraction of sp³-hybridized carbons (Fsp3) is 0.364. The van der Waals surface area contributed by atoms with Crippen LogP contribution < -0.4 is 5.32 Å². The summed E-state index contributed by atoms with van der Waals surface area (Å²) >= 11 is 5.67. The van der Waals surface area contributed by atoms with Crippen LogP contribution in [0, 0.1) is 15.9 Å². The second-order valence-electron chi connectivity index (χ2n) is 4.64. The predicted molar refractivity (Wildman–Crippen MR) is 67.9 cm³/mol. The molecule has 1 aromatic rings. The van der Waals surface area contributed by atoms with Crippen LogP contribution in [0.25, 0.3) is 0 Å². The second-order valence-corrected chi connectivity index (χ2v) is 5.02. The zero-order valence-electron chi connectivity index (χ0n) is 10.5. The third-order valence-corrected chi connectivity index (χ3v) is 2.28. The van der Waals surface area contributed by atoms with Crippen LogP contribution >= 0.6 is 11.6 Å². The lowest BCUT2D eigenvalue weighted by atomic mass is 10.2. The van der Waals surface area contributed by atoms with Gasteiger partial charge in [0.2, 0.25) is 0 Å². The number of benzene rings is 1. The number of amides is 1. The highest BCUT2D eigenvalue weighted by molar-refractivity contribution is 6.35. The Bertz CT molecular complexity index is 528. The number of nitro benzene ring substituents is 1. The maximum absolute atomic E-state index is 13.5. The van der Waals surface area contributed by atoms with E-state index in [1.165, 1.54) is 0 Å². The molecule has 6 nitrogen and oxygen atoms in total. The molecular formula is C11H12ClFN2O4. The van der Waals surface area contributed by atoms with Gasteiger partial charge in [0.25, 0.3) is 5.69 Å². The van der Waals surface area contributed by atoms with Gasteiger partial charge in [-0.3, -0.25) is 15.4 Å². The average Bonchev–Trinajstić information content (AvgIpc) is 2.21. The van der Waals surface area contributed by atoms with E-state index in [2.05, 4.69) is 5.32 Å². The van der Waals surface area contributed by atoms with Gasteiger partial charge in [-0.2, -0.15) is 0 Å². The van der Waals surface area contributed by atoms with Crippen LogP contribution in [0.5, 0.6) is 0 Å². The van der Waals surface area contributed by atoms with E-state index in [-0.39, 0.29) is 0 Å². The summed E-state index contributed by atoms with van der Waals surface area (Å²) in [5.74, 6) is -0.888. The van der Waals surface area contributed by atoms with Gasteiger partial charge >= 0.3 is 6.09 Å². The van der Waals surface area contributed by atoms with Crippen molar-refractivity contribution in [2.75, 3.05) is 5.32 Å². The molecule has 1 N–H and O–H groups in total. The summed E-state index contributed by atoms with van der Waals surface area (Å²) in [7, 11) is 0. The molecule has 0 aliphatic rings. The number of halogens is 2. The maximum atomic E-state index is 13.5. The van der Waals surface area contributed by atoms with Crippen LogP contribution in [0.15, 0.2) is 12.1 Å². The largest absolute Gasteiger partial charge is 0.444 e. The highest BCUT2D eigenvalue weighted by Crippen LogP contribution is 2.34. The van der Waals surface area contributed by atoms with Gasteiger partial charge in [0.05, 0.1) is 4.92 Å². The van der Waals surface area contributed by atoms with E-state index < -0.39 is 38.8 Å². The second kappa shape index (κ2) is 5.40. The lowest BCUT2D eigenvalue weighted by Gasteiger charge is -2.20. The third kappa shape index (κ3) is 4.06. The number of hydrogen-bond donors (Lipinski definition) is 1. The quantitative estimate of drug-likeness (QED) is 0.664. The van der Waals surface area contributed by atoms with Crippen LogP contribution in [0.1, 0.15) is 20.8 Å². The number of ether oxygens (including phenoxy) is 1. The summed E-state index contributed by atoms with van der Waals surface area (Å²) < 4.78 is 18.4. The third-order valence-electron chi connectivity index (χ3n) is 1.89. The number of hydrogen-bond acceptors (Lipinski definition) is 4. The monoisotopic (exact) mass is 290 g/mol. The van der Waals surface area contributed by atoms with Gasteiger partial charge in [-0.05, 0) is 26.8 Å². The van der Waals surface area contributed by atoms with Crippen LogP contribution in [0.3, 0.4) is 0 Å². The van der Waals surface area contributed by atoms with E-state index >= 15 is 0 Å². The molecule has 0 spiro atoms. The van der Waals surface area contributed by atoms with Crippen molar-refractivity contribution in [1.29, 1.82) is 0 Å². The first kappa shape index (κ1) is 15.2. The molecule has 1 aromatic carbocycles. The van der Waals surface area contributed by atoms with Crippen LogP contribution in [-0.2, 0) is 4.74 Å². The summed E-state index contributed by atoms with van der Waals surface area (Å²) in [6, 6.07) is 1.76. The van der Waals surface area contributed by atoms with Gasteiger partial charge in [0.1, 0.15) is 22.1 Å². The normalized spacial score (nSPS) is 11.0. The first-order chi connectivity index (χ1) is 8.61. The minimum absolute atomic E-state index is 0.481. The van der Waals surface area contributed by atoms with E-state index in [4.69, 9.17) is 16.3 Å². The standard InChI is InChI=1S/C11H12ClFN2O4/c1-11(2,3)19-10(16)14-9-6(13)4-5-7(8(9)12)15(17)18/h4-5H,1-3H3,(H,14,16). The predicted octanol–water partition coefficient (Wildman–Crippen LogP) is 3.73. The van der Waals surface area contributed by atoms with Gasteiger partial charge in [0.15, 0.2) is 0 Å². The number of carbonyl (C=O) groups is 1. The molecule has 0 fully saturated rings. The average molecular weight is 291 g/mol. The minimum atomic E-state index is -0.950. The first-order valence-corrected chi connectivity index (χ1v) is 5.62. The van der Waals surface area contributed by atoms with E-state index in [9.17, 15) is 19.3 Å². The van der Waals surface area contributed by atoms with Crippen LogP contribution in [0.4, 0.5) is 20.6 Å². The Kier molecular flexibility index (Phi) is 4.31. The molecule has 8 heteroatoms. The molecule has 0 radical (unpaired) electrons. The van der Waals surface area contributed by atoms with Crippen molar-refractivity contribution < 1.29 is 18.8 Å². The summed E-state index contributed by atoms with van der Waals surface area (Å²) in [5, 5.41) is 12.2. The number of nitrogens with zero attached hydrogens (tertiary/aromatic N) is 1. The van der Waals surface area contributed by atoms with Crippen LogP contribution in [-0.4, -0.2) is 16.6 Å². The van der Waals surface area contributed by atoms with Gasteiger partial charge in [-0.1, -0.05) is 11.6 Å². The van der Waals surface area contributed by atoms with E-state index in [0.29, 0.717) is 0 Å². The molecule has 0 saturated carbocycles. The number of rotatable bonds is 2. The fourth-order valence-corrected chi connectivity index (χ4v) is 1.47. The number of carbonyl (C=O) groups excluding carboxylic acids is 1. The van der Waals surface area contributed by atoms with Crippen molar-refractivity contribution in [3.63, 3.8) is 0 Å². The van der Waals surface area contributed by atoms with Crippen molar-refractivity contribution >= 4 is 29.1 Å². The molecule has 1 amide bonds. The Morgan fingerprint density at radius 2 is 2.05 bits per heavy atom. The molecule has 0 aliphatic carbocycles. The zero-order chi connectivity index (χ0) is 14.8. The topological polar surface area (TPSA) is 81.5 Å². The molecule has 19 heavy (non-hydrogen) atoms. The summed E-state index contributed by atoms with van der Waals surface area (Å²) in [4.78, 5) is 21.4. The molecule has 1 rings (SSSR count). The van der Waals surface area contributed by atoms with E-state index in [1.807, 2.05) is 0 Å². The van der Waals surface area contributed by atoms with Gasteiger partial charge in [-0.25, -0.2) is 9.18 Å². The molecule has 104 valence electrons. The molecule has 0 aliphatic heterocycles. The molecule has 0 bridgehead atoms. The highest BCUT2D eigenvalue weighted by Gasteiger charge is 2.23. The summed E-state index contributed by atoms with van der Waals surface area (Å²) in [6.07, 6.45) is -0.950. The Labute approximate surface area is 113 Å². The smallest absolute Gasteiger partial charge is 0.412 e. The molecule has 0 heterocycles. The van der Waals surface area contributed by atoms with Crippen molar-refractivity contribution in [3.05, 3.63) is 33.1 Å². The zero-order valence-corrected chi connectivity index (χ0v) is 11.2. The van der Waals surface area contributed by atoms with Crippen molar-refractivity contribution in [2.24, 2.45) is 0 Å². The van der Waals surface area contributed by atoms with Crippen molar-refractivity contribution in [3.8, 4) is 0 Å². The number of anilines is 1. The van der Waals surface area contributed by atoms with Crippen LogP contribution in [0.2, 0.25) is 5.02 Å². The van der Waals surface area contributed by atoms with Gasteiger partial charge in [0, 0.05) is 6.07 Å². The first-order valence-electron chi connectivity index (χ1n) is 5.24. The number of nitro groups is 1. The Hall–Kier alpha value is -1.89. The van der Waals surface area contributed by atoms with Gasteiger partial charge < -0.3 is 4.74 Å². The Morgan fingerprint density at radius 3 is 2.53 bits per heavy atom. The molecular weight excluding hydrogens is 279 g/mol. The highest BCUT2D eigenvalue weighted by atomic mass is 35.5. The molecule has 0 saturated heterocycles. The minimum Gasteiger partial charge on any atom is -0.444 e. The SMILES string of the molecule is CC(C)(C)OC(=O)Nc1c(F)ccc([N+](=O)[O-])c1Cl. The van der Waals surface area contributed by atoms with E-state index in [0.717, 1.165) is 12.1 Å². The maximum Gasteiger partial charge on any atom is 0.412 e. The summed E-state index contributed by atoms with van der Waals surface area (Å²) in [5.41, 5.74) is -1.77. The molecule has 0 atom stereocenters. The lowest BCUT2D eigenvalue weighted by molar-refractivity contribution is -0.384. The number of nitrogens with one attached hydrogen (secondary N) is 1. The summed E-state index contributed by atoms with van der Waals surface area (Å²) in [6.45, 7) is 4.87. The molecule has 0 unspecified atom stereocenters. The van der Waals surface area contributed by atoms with Gasteiger partial charge in [-0.15, -0.1) is 0 Å². The van der Waals surface area contributed by atoms with Crippen molar-refractivity contribution in [2.45, 2.75) is 26.4 Å². The fourth-order valence-electron chi connectivity index (χ4n) is 1.20. The van der Waals surface area contributed by atoms with Crippen molar-refractivity contribution in [1.82, 2.24) is 0 Å². The molecule has 0 aromatic heterocycles. The lowest BCUT2D eigenvalue weighted by Crippen LogP contribution is -2.27. The Morgan fingerprint density at radius 1 is 1.47 bits per heavy atom. The van der Waals surface area contributed by atoms with E-state index in [1.54, 1.807) is 20.8 Å². The Balaban J connectivity index is 3.04.